The minimum absolute atomic E-state index is 0.220. The molecule has 2 N–H and O–H groups in total. The first-order valence-corrected chi connectivity index (χ1v) is 10.2. The lowest BCUT2D eigenvalue weighted by molar-refractivity contribution is 0.566. The van der Waals surface area contributed by atoms with Crippen LogP contribution in [-0.4, -0.2) is 11.3 Å². The molecule has 0 fully saturated rings. The van der Waals surface area contributed by atoms with Gasteiger partial charge in [-0.2, -0.15) is 15.5 Å². The number of aryl methyl sites for hydroxylation is 1. The lowest BCUT2D eigenvalue weighted by Gasteiger charge is -2.14. The molecule has 8 heteroatoms. The number of nitrogens with zero attached hydrogens (tertiary/aromatic N) is 3. The zero-order chi connectivity index (χ0) is 23.3. The van der Waals surface area contributed by atoms with Gasteiger partial charge in [0.05, 0.1) is 17.3 Å². The van der Waals surface area contributed by atoms with Gasteiger partial charge in [-0.1, -0.05) is 37.2 Å². The maximum atomic E-state index is 13.5. The van der Waals surface area contributed by atoms with Crippen molar-refractivity contribution in [1.82, 2.24) is 0 Å². The number of benzene rings is 2. The first-order chi connectivity index (χ1) is 14.3. The first-order valence-electron chi connectivity index (χ1n) is 8.96. The zero-order valence-corrected chi connectivity index (χ0v) is 19.0. The molecule has 0 saturated heterocycles. The van der Waals surface area contributed by atoms with E-state index in [1.165, 1.54) is 11.6 Å². The van der Waals surface area contributed by atoms with E-state index in [-0.39, 0.29) is 4.90 Å². The molecular weight excluding hydrogens is 426 g/mol. The summed E-state index contributed by atoms with van der Waals surface area (Å²) in [6, 6.07) is 8.73. The molecule has 0 bridgehead atoms. The molecule has 4 nitrogen and oxygen atoms in total. The van der Waals surface area contributed by atoms with E-state index in [9.17, 15) is 14.0 Å². The summed E-state index contributed by atoms with van der Waals surface area (Å²) in [4.78, 5) is 0.220. The fraction of sp³-hybridized carbons (Fsp3) is 0.227. The third-order valence-electron chi connectivity index (χ3n) is 3.53. The van der Waals surface area contributed by atoms with Crippen LogP contribution in [0.3, 0.4) is 0 Å². The van der Waals surface area contributed by atoms with Gasteiger partial charge in [-0.05, 0) is 49.2 Å². The Hall–Kier alpha value is -2.69. The van der Waals surface area contributed by atoms with Gasteiger partial charge >= 0.3 is 0 Å². The van der Waals surface area contributed by atoms with Crippen LogP contribution in [-0.2, 0) is 0 Å². The lowest BCUT2D eigenvalue weighted by Crippen LogP contribution is -2.09. The molecule has 1 unspecified atom stereocenters. The van der Waals surface area contributed by atoms with Crippen molar-refractivity contribution in [3.63, 3.8) is 0 Å². The second-order valence-electron chi connectivity index (χ2n) is 5.45. The minimum Gasteiger partial charge on any atom is -0.399 e. The van der Waals surface area contributed by atoms with Gasteiger partial charge in [-0.3, -0.25) is 0 Å². The second-order valence-corrected chi connectivity index (χ2v) is 6.74. The van der Waals surface area contributed by atoms with E-state index >= 15 is 0 Å². The third-order valence-corrected chi connectivity index (χ3v) is 4.63. The van der Waals surface area contributed by atoms with Crippen LogP contribution >= 0.6 is 23.4 Å². The highest BCUT2D eigenvalue weighted by molar-refractivity contribution is 8.12. The Morgan fingerprint density at radius 3 is 2.43 bits per heavy atom. The summed E-state index contributed by atoms with van der Waals surface area (Å²) < 4.78 is 26.4. The second kappa shape index (κ2) is 14.3. The fourth-order valence-corrected chi connectivity index (χ4v) is 3.25. The topological polar surface area (TPSA) is 74.5 Å². The van der Waals surface area contributed by atoms with Gasteiger partial charge < -0.3 is 5.73 Å². The lowest BCUT2D eigenvalue weighted by atomic mass is 9.92. The number of rotatable bonds is 5. The number of nitriles is 1. The Kier molecular flexibility index (Phi) is 13.0. The number of nitrogen functional groups attached to an aromatic ring is 1. The molecule has 2 aromatic carbocycles. The maximum Gasteiger partial charge on any atom is 0.140 e. The Morgan fingerprint density at radius 2 is 1.90 bits per heavy atom. The van der Waals surface area contributed by atoms with Crippen LogP contribution in [0.2, 0.25) is 5.02 Å². The summed E-state index contributed by atoms with van der Waals surface area (Å²) >= 11 is 7.18. The average molecular weight is 451 g/mol. The van der Waals surface area contributed by atoms with E-state index in [1.54, 1.807) is 19.1 Å². The number of nitrogens with two attached hydrogens (primary N) is 1. The molecule has 0 spiro atoms. The van der Waals surface area contributed by atoms with Crippen LogP contribution < -0.4 is 5.73 Å². The number of halogens is 3. The van der Waals surface area contributed by atoms with Crippen molar-refractivity contribution in [3.8, 4) is 6.07 Å². The third kappa shape index (κ3) is 7.97. The van der Waals surface area contributed by atoms with E-state index in [0.717, 1.165) is 29.5 Å². The van der Waals surface area contributed by atoms with Crippen LogP contribution in [0.25, 0.3) is 0 Å². The van der Waals surface area contributed by atoms with Crippen molar-refractivity contribution in [2.75, 3.05) is 5.73 Å². The Balaban J connectivity index is 0.00000198. The molecule has 0 saturated carbocycles. The summed E-state index contributed by atoms with van der Waals surface area (Å²) in [7, 11) is 0. The minimum atomic E-state index is -0.687. The quantitative estimate of drug-likeness (QED) is 0.131. The van der Waals surface area contributed by atoms with E-state index in [0.29, 0.717) is 22.0 Å². The number of anilines is 1. The molecule has 0 aliphatic rings. The Bertz CT molecular complexity index is 916. The molecule has 1 atom stereocenters. The average Bonchev–Trinajstić information content (AvgIpc) is 2.72. The number of hydrogen-bond donors (Lipinski definition) is 1. The molecule has 0 aliphatic heterocycles. The predicted octanol–water partition coefficient (Wildman–Crippen LogP) is 7.14. The summed E-state index contributed by atoms with van der Waals surface area (Å²) in [5.41, 5.74) is 9.40. The monoisotopic (exact) mass is 450 g/mol. The van der Waals surface area contributed by atoms with Gasteiger partial charge in [0.15, 0.2) is 0 Å². The maximum absolute atomic E-state index is 13.5. The van der Waals surface area contributed by atoms with Gasteiger partial charge in [-0.25, -0.2) is 8.78 Å². The molecule has 0 aromatic heterocycles. The Labute approximate surface area is 186 Å². The molecular formula is C22H25ClF2N4S. The summed E-state index contributed by atoms with van der Waals surface area (Å²) in [5, 5.41) is 17.7. The normalized spacial score (nSPS) is 11.6. The van der Waals surface area contributed by atoms with E-state index in [2.05, 4.69) is 29.4 Å². The Morgan fingerprint density at radius 1 is 1.27 bits per heavy atom. The predicted molar refractivity (Wildman–Crippen MR) is 125 cm³/mol. The van der Waals surface area contributed by atoms with Gasteiger partial charge in [0.1, 0.15) is 17.6 Å². The highest BCUT2D eigenvalue weighted by Gasteiger charge is 2.20. The molecule has 0 radical (unpaired) electrons. The van der Waals surface area contributed by atoms with E-state index in [4.69, 9.17) is 17.3 Å². The molecule has 160 valence electrons. The largest absolute Gasteiger partial charge is 0.399 e. The van der Waals surface area contributed by atoms with Crippen molar-refractivity contribution in [2.24, 2.45) is 10.2 Å². The van der Waals surface area contributed by atoms with Gasteiger partial charge in [-0.15, -0.1) is 13.2 Å². The van der Waals surface area contributed by atoms with E-state index in [1.807, 2.05) is 20.8 Å². The van der Waals surface area contributed by atoms with Gasteiger partial charge in [0.2, 0.25) is 0 Å². The van der Waals surface area contributed by atoms with Crippen molar-refractivity contribution in [3.05, 3.63) is 71.3 Å². The fourth-order valence-electron chi connectivity index (χ4n) is 2.34. The highest BCUT2D eigenvalue weighted by atomic mass is 35.5. The van der Waals surface area contributed by atoms with Gasteiger partial charge in [0, 0.05) is 21.7 Å². The first kappa shape index (κ1) is 27.3. The number of hydrogen-bond acceptors (Lipinski definition) is 5. The summed E-state index contributed by atoms with van der Waals surface area (Å²) in [5.74, 6) is -2.01. The SMILES string of the molecule is C/C(=N\N=C\Sc1ccc(F)cc1F)C(C#N)c1c(C)cc(N)cc1Cl.C=C.CC. The molecule has 0 amide bonds. The standard InChI is InChI=1S/C18H15ClF2N4S.C2H6.C2H4/c1-10-5-13(23)7-15(19)18(10)14(8-22)11(2)25-24-9-26-17-4-3-12(20)6-16(17)21;2*1-2/h3-7,9,14H,23H2,1-2H3;1-2H3;1-2H2/b24-9+,25-11+;;. The summed E-state index contributed by atoms with van der Waals surface area (Å²) in [6.07, 6.45) is 0. The molecule has 0 aliphatic carbocycles. The van der Waals surface area contributed by atoms with Crippen molar-refractivity contribution >= 4 is 40.3 Å². The van der Waals surface area contributed by atoms with Crippen LogP contribution in [0.4, 0.5) is 14.5 Å². The van der Waals surface area contributed by atoms with Crippen LogP contribution in [0.15, 0.2) is 58.6 Å². The van der Waals surface area contributed by atoms with Crippen LogP contribution in [0.1, 0.15) is 37.8 Å². The van der Waals surface area contributed by atoms with Crippen molar-refractivity contribution < 1.29 is 8.78 Å². The van der Waals surface area contributed by atoms with E-state index < -0.39 is 17.6 Å². The molecule has 0 heterocycles. The van der Waals surface area contributed by atoms with Crippen LogP contribution in [0, 0.1) is 29.9 Å². The molecule has 30 heavy (non-hydrogen) atoms. The van der Waals surface area contributed by atoms with Crippen LogP contribution in [0.5, 0.6) is 0 Å². The van der Waals surface area contributed by atoms with Gasteiger partial charge in [0.25, 0.3) is 0 Å². The zero-order valence-electron chi connectivity index (χ0n) is 17.4. The molecule has 2 rings (SSSR count). The van der Waals surface area contributed by atoms with Crippen molar-refractivity contribution in [2.45, 2.75) is 38.5 Å². The number of thioether (sulfide) groups is 1. The summed E-state index contributed by atoms with van der Waals surface area (Å²) in [6.45, 7) is 13.5. The molecule has 2 aromatic rings. The highest BCUT2D eigenvalue weighted by Crippen LogP contribution is 2.31. The smallest absolute Gasteiger partial charge is 0.140 e. The van der Waals surface area contributed by atoms with Crippen molar-refractivity contribution in [1.29, 1.82) is 5.26 Å².